The maximum absolute atomic E-state index is 10.6. The molecule has 1 saturated heterocycles. The predicted molar refractivity (Wildman–Crippen MR) is 53.1 cm³/mol. The Bertz CT molecular complexity index is 186. The van der Waals surface area contributed by atoms with Crippen LogP contribution in [0.15, 0.2) is 0 Å². The highest BCUT2D eigenvalue weighted by Gasteiger charge is 2.24. The first-order chi connectivity index (χ1) is 6.59. The standard InChI is InChI=1S/C10H19NO3/c1-7(12)2-3-8-4-5-9(10(13)14)11-6-8/h7-9,11-12H,2-6H2,1H3,(H,13,14). The highest BCUT2D eigenvalue weighted by molar-refractivity contribution is 5.73. The van der Waals surface area contributed by atoms with Gasteiger partial charge in [-0.1, -0.05) is 0 Å². The normalized spacial score (nSPS) is 29.9. The van der Waals surface area contributed by atoms with Gasteiger partial charge in [0.1, 0.15) is 6.04 Å². The summed E-state index contributed by atoms with van der Waals surface area (Å²) in [5, 5.41) is 20.9. The van der Waals surface area contributed by atoms with E-state index >= 15 is 0 Å². The van der Waals surface area contributed by atoms with Gasteiger partial charge in [0.25, 0.3) is 0 Å². The molecule has 4 heteroatoms. The number of carboxylic acids is 1. The number of hydrogen-bond acceptors (Lipinski definition) is 3. The Morgan fingerprint density at radius 1 is 1.57 bits per heavy atom. The predicted octanol–water partition coefficient (Wildman–Crippen LogP) is 0.600. The van der Waals surface area contributed by atoms with E-state index in [2.05, 4.69) is 5.32 Å². The number of carboxylic acid groups (broad SMARTS) is 1. The molecule has 0 aromatic carbocycles. The Morgan fingerprint density at radius 3 is 2.71 bits per heavy atom. The Hall–Kier alpha value is -0.610. The molecule has 3 atom stereocenters. The first-order valence-corrected chi connectivity index (χ1v) is 5.24. The van der Waals surface area contributed by atoms with Gasteiger partial charge in [-0.25, -0.2) is 0 Å². The van der Waals surface area contributed by atoms with E-state index in [0.29, 0.717) is 12.3 Å². The van der Waals surface area contributed by atoms with Crippen molar-refractivity contribution in [3.63, 3.8) is 0 Å². The summed E-state index contributed by atoms with van der Waals surface area (Å²) in [6.07, 6.45) is 3.21. The van der Waals surface area contributed by atoms with Gasteiger partial charge < -0.3 is 15.5 Å². The quantitative estimate of drug-likeness (QED) is 0.623. The van der Waals surface area contributed by atoms with Crippen LogP contribution in [0.5, 0.6) is 0 Å². The van der Waals surface area contributed by atoms with Crippen molar-refractivity contribution in [1.29, 1.82) is 0 Å². The lowest BCUT2D eigenvalue weighted by molar-refractivity contribution is -0.140. The molecule has 1 heterocycles. The fraction of sp³-hybridized carbons (Fsp3) is 0.900. The van der Waals surface area contributed by atoms with Gasteiger partial charge in [0, 0.05) is 0 Å². The third kappa shape index (κ3) is 3.64. The van der Waals surface area contributed by atoms with Gasteiger partial charge in [-0.2, -0.15) is 0 Å². The molecule has 3 unspecified atom stereocenters. The summed E-state index contributed by atoms with van der Waals surface area (Å²) in [6.45, 7) is 2.56. The van der Waals surface area contributed by atoms with Crippen LogP contribution in [0.2, 0.25) is 0 Å². The SMILES string of the molecule is CC(O)CCC1CCC(C(=O)O)NC1. The summed E-state index contributed by atoms with van der Waals surface area (Å²) in [5.74, 6) is -0.223. The fourth-order valence-corrected chi connectivity index (χ4v) is 1.85. The number of aliphatic hydroxyl groups is 1. The van der Waals surface area contributed by atoms with Crippen LogP contribution in [0.25, 0.3) is 0 Å². The van der Waals surface area contributed by atoms with Crippen LogP contribution < -0.4 is 5.32 Å². The summed E-state index contributed by atoms with van der Waals surface area (Å²) in [4.78, 5) is 10.6. The average molecular weight is 201 g/mol. The van der Waals surface area contributed by atoms with E-state index in [-0.39, 0.29) is 12.1 Å². The maximum atomic E-state index is 10.6. The summed E-state index contributed by atoms with van der Waals surface area (Å²) < 4.78 is 0. The van der Waals surface area contributed by atoms with Crippen molar-refractivity contribution in [2.24, 2.45) is 5.92 Å². The van der Waals surface area contributed by atoms with Gasteiger partial charge in [-0.3, -0.25) is 4.79 Å². The van der Waals surface area contributed by atoms with Gasteiger partial charge >= 0.3 is 5.97 Å². The third-order valence-corrected chi connectivity index (χ3v) is 2.81. The number of nitrogens with one attached hydrogen (secondary N) is 1. The zero-order valence-electron chi connectivity index (χ0n) is 8.57. The van der Waals surface area contributed by atoms with Crippen molar-refractivity contribution < 1.29 is 15.0 Å². The summed E-state index contributed by atoms with van der Waals surface area (Å²) in [7, 11) is 0. The van der Waals surface area contributed by atoms with Crippen molar-refractivity contribution in [2.75, 3.05) is 6.54 Å². The van der Waals surface area contributed by atoms with Crippen LogP contribution in [-0.4, -0.2) is 34.9 Å². The van der Waals surface area contributed by atoms with Crippen molar-refractivity contribution in [3.8, 4) is 0 Å². The molecule has 0 saturated carbocycles. The zero-order valence-corrected chi connectivity index (χ0v) is 8.57. The third-order valence-electron chi connectivity index (χ3n) is 2.81. The molecule has 0 aromatic heterocycles. The van der Waals surface area contributed by atoms with Crippen LogP contribution in [0.1, 0.15) is 32.6 Å². The number of carbonyl (C=O) groups is 1. The molecule has 0 aromatic rings. The largest absolute Gasteiger partial charge is 0.480 e. The Labute approximate surface area is 84.3 Å². The van der Waals surface area contributed by atoms with Crippen molar-refractivity contribution in [3.05, 3.63) is 0 Å². The molecule has 14 heavy (non-hydrogen) atoms. The van der Waals surface area contributed by atoms with Crippen LogP contribution >= 0.6 is 0 Å². The number of aliphatic carboxylic acids is 1. The lowest BCUT2D eigenvalue weighted by Gasteiger charge is -2.27. The van der Waals surface area contributed by atoms with Crippen molar-refractivity contribution in [1.82, 2.24) is 5.32 Å². The van der Waals surface area contributed by atoms with E-state index in [4.69, 9.17) is 10.2 Å². The molecule has 0 spiro atoms. The molecule has 0 radical (unpaired) electrons. The topological polar surface area (TPSA) is 69.6 Å². The van der Waals surface area contributed by atoms with Crippen LogP contribution in [0.3, 0.4) is 0 Å². The molecule has 1 rings (SSSR count). The lowest BCUT2D eigenvalue weighted by Crippen LogP contribution is -2.43. The van der Waals surface area contributed by atoms with Gasteiger partial charge in [0.05, 0.1) is 6.10 Å². The summed E-state index contributed by atoms with van der Waals surface area (Å²) in [5.41, 5.74) is 0. The van der Waals surface area contributed by atoms with Gasteiger partial charge in [-0.15, -0.1) is 0 Å². The first kappa shape index (κ1) is 11.5. The molecule has 4 nitrogen and oxygen atoms in total. The van der Waals surface area contributed by atoms with Gasteiger partial charge in [0.2, 0.25) is 0 Å². The average Bonchev–Trinajstić information content (AvgIpc) is 2.15. The molecule has 0 bridgehead atoms. The van der Waals surface area contributed by atoms with E-state index in [1.54, 1.807) is 6.92 Å². The molecular weight excluding hydrogens is 182 g/mol. The monoisotopic (exact) mass is 201 g/mol. The molecular formula is C10H19NO3. The Kier molecular flexibility index (Phi) is 4.35. The molecule has 1 fully saturated rings. The van der Waals surface area contributed by atoms with Gasteiger partial charge in [-0.05, 0) is 45.1 Å². The van der Waals surface area contributed by atoms with E-state index in [9.17, 15) is 4.79 Å². The van der Waals surface area contributed by atoms with Gasteiger partial charge in [0.15, 0.2) is 0 Å². The number of hydrogen-bond donors (Lipinski definition) is 3. The van der Waals surface area contributed by atoms with E-state index < -0.39 is 5.97 Å². The van der Waals surface area contributed by atoms with Crippen LogP contribution in [0, 0.1) is 5.92 Å². The molecule has 82 valence electrons. The lowest BCUT2D eigenvalue weighted by atomic mass is 9.90. The second-order valence-electron chi connectivity index (χ2n) is 4.17. The maximum Gasteiger partial charge on any atom is 0.320 e. The highest BCUT2D eigenvalue weighted by Crippen LogP contribution is 2.19. The summed E-state index contributed by atoms with van der Waals surface area (Å²) in [6, 6.07) is -0.363. The van der Waals surface area contributed by atoms with E-state index in [0.717, 1.165) is 25.8 Å². The number of rotatable bonds is 4. The van der Waals surface area contributed by atoms with E-state index in [1.807, 2.05) is 0 Å². The minimum absolute atomic E-state index is 0.243. The van der Waals surface area contributed by atoms with Crippen molar-refractivity contribution in [2.45, 2.75) is 44.8 Å². The fourth-order valence-electron chi connectivity index (χ4n) is 1.85. The summed E-state index contributed by atoms with van der Waals surface area (Å²) >= 11 is 0. The number of piperidine rings is 1. The first-order valence-electron chi connectivity index (χ1n) is 5.24. The van der Waals surface area contributed by atoms with Crippen molar-refractivity contribution >= 4 is 5.97 Å². The van der Waals surface area contributed by atoms with E-state index in [1.165, 1.54) is 0 Å². The Balaban J connectivity index is 2.19. The molecule has 3 N–H and O–H groups in total. The Morgan fingerprint density at radius 2 is 2.29 bits per heavy atom. The highest BCUT2D eigenvalue weighted by atomic mass is 16.4. The molecule has 1 aliphatic rings. The second kappa shape index (κ2) is 5.32. The minimum Gasteiger partial charge on any atom is -0.480 e. The van der Waals surface area contributed by atoms with Crippen LogP contribution in [0.4, 0.5) is 0 Å². The zero-order chi connectivity index (χ0) is 10.6. The molecule has 0 aliphatic carbocycles. The van der Waals surface area contributed by atoms with Crippen LogP contribution in [-0.2, 0) is 4.79 Å². The minimum atomic E-state index is -0.751. The molecule has 0 amide bonds. The molecule has 1 aliphatic heterocycles. The second-order valence-corrected chi connectivity index (χ2v) is 4.17. The number of aliphatic hydroxyl groups excluding tert-OH is 1. The smallest absolute Gasteiger partial charge is 0.320 e.